The van der Waals surface area contributed by atoms with Crippen LogP contribution in [0.2, 0.25) is 0 Å². The van der Waals surface area contributed by atoms with Crippen molar-refractivity contribution in [3.63, 3.8) is 0 Å². The molecule has 1 rings (SSSR count). The Morgan fingerprint density at radius 1 is 1.36 bits per heavy atom. The molecular weight excluding hydrogens is 176 g/mol. The SMILES string of the molecule is COC(C)(C=O)c1cccc(C)c1C. The molecule has 0 N–H and O–H groups in total. The van der Waals surface area contributed by atoms with Crippen molar-refractivity contribution in [1.29, 1.82) is 0 Å². The second-order valence-electron chi connectivity index (χ2n) is 3.68. The molecule has 76 valence electrons. The standard InChI is InChI=1S/C12H16O2/c1-9-6-5-7-11(10(9)2)12(3,8-13)14-4/h5-8H,1-4H3. The first kappa shape index (κ1) is 10.9. The fourth-order valence-corrected chi connectivity index (χ4v) is 1.51. The van der Waals surface area contributed by atoms with Crippen molar-refractivity contribution in [3.8, 4) is 0 Å². The van der Waals surface area contributed by atoms with Crippen molar-refractivity contribution in [2.24, 2.45) is 0 Å². The lowest BCUT2D eigenvalue weighted by Crippen LogP contribution is -2.27. The van der Waals surface area contributed by atoms with Crippen molar-refractivity contribution in [1.82, 2.24) is 0 Å². The lowest BCUT2D eigenvalue weighted by atomic mass is 9.91. The summed E-state index contributed by atoms with van der Waals surface area (Å²) >= 11 is 0. The molecular formula is C12H16O2. The Bertz CT molecular complexity index is 344. The zero-order valence-corrected chi connectivity index (χ0v) is 9.13. The minimum Gasteiger partial charge on any atom is -0.366 e. The highest BCUT2D eigenvalue weighted by molar-refractivity contribution is 5.67. The predicted octanol–water partition coefficient (Wildman–Crippen LogP) is 2.36. The summed E-state index contributed by atoms with van der Waals surface area (Å²) in [6.07, 6.45) is 0.842. The van der Waals surface area contributed by atoms with Crippen LogP contribution < -0.4 is 0 Å². The fourth-order valence-electron chi connectivity index (χ4n) is 1.51. The van der Waals surface area contributed by atoms with Gasteiger partial charge in [-0.05, 0) is 37.5 Å². The van der Waals surface area contributed by atoms with E-state index < -0.39 is 5.60 Å². The van der Waals surface area contributed by atoms with E-state index in [0.717, 1.165) is 17.4 Å². The normalized spacial score (nSPS) is 14.9. The highest BCUT2D eigenvalue weighted by atomic mass is 16.5. The van der Waals surface area contributed by atoms with Crippen LogP contribution in [-0.4, -0.2) is 13.4 Å². The molecule has 0 aliphatic heterocycles. The van der Waals surface area contributed by atoms with Crippen molar-refractivity contribution in [2.75, 3.05) is 7.11 Å². The van der Waals surface area contributed by atoms with Gasteiger partial charge in [0.2, 0.25) is 0 Å². The Morgan fingerprint density at radius 3 is 2.50 bits per heavy atom. The molecule has 0 heterocycles. The number of methoxy groups -OCH3 is 1. The van der Waals surface area contributed by atoms with Crippen LogP contribution in [0.3, 0.4) is 0 Å². The largest absolute Gasteiger partial charge is 0.366 e. The summed E-state index contributed by atoms with van der Waals surface area (Å²) in [7, 11) is 1.55. The Balaban J connectivity index is 3.31. The summed E-state index contributed by atoms with van der Waals surface area (Å²) in [6.45, 7) is 5.81. The number of aryl methyl sites for hydroxylation is 1. The first-order valence-electron chi connectivity index (χ1n) is 4.63. The van der Waals surface area contributed by atoms with E-state index >= 15 is 0 Å². The van der Waals surface area contributed by atoms with Gasteiger partial charge in [-0.15, -0.1) is 0 Å². The van der Waals surface area contributed by atoms with E-state index in [1.165, 1.54) is 5.56 Å². The van der Waals surface area contributed by atoms with Gasteiger partial charge in [0.15, 0.2) is 6.29 Å². The fraction of sp³-hybridized carbons (Fsp3) is 0.417. The predicted molar refractivity (Wildman–Crippen MR) is 56.3 cm³/mol. The minimum atomic E-state index is -0.823. The van der Waals surface area contributed by atoms with Gasteiger partial charge in [-0.3, -0.25) is 4.79 Å². The van der Waals surface area contributed by atoms with Gasteiger partial charge in [0.1, 0.15) is 5.60 Å². The molecule has 2 heteroatoms. The molecule has 0 saturated heterocycles. The smallest absolute Gasteiger partial charge is 0.156 e. The average Bonchev–Trinajstić information content (AvgIpc) is 2.21. The van der Waals surface area contributed by atoms with Gasteiger partial charge in [-0.2, -0.15) is 0 Å². The molecule has 1 atom stereocenters. The number of benzene rings is 1. The third kappa shape index (κ3) is 1.70. The lowest BCUT2D eigenvalue weighted by molar-refractivity contribution is -0.126. The van der Waals surface area contributed by atoms with Crippen molar-refractivity contribution in [2.45, 2.75) is 26.4 Å². The van der Waals surface area contributed by atoms with Gasteiger partial charge in [0, 0.05) is 7.11 Å². The van der Waals surface area contributed by atoms with Crippen molar-refractivity contribution in [3.05, 3.63) is 34.9 Å². The molecule has 0 saturated carbocycles. The van der Waals surface area contributed by atoms with Gasteiger partial charge in [-0.1, -0.05) is 18.2 Å². The minimum absolute atomic E-state index is 0.823. The molecule has 0 fully saturated rings. The summed E-state index contributed by atoms with van der Waals surface area (Å²) in [6, 6.07) is 5.90. The molecule has 2 nitrogen and oxygen atoms in total. The van der Waals surface area contributed by atoms with E-state index in [2.05, 4.69) is 0 Å². The number of ether oxygens (including phenoxy) is 1. The number of hydrogen-bond donors (Lipinski definition) is 0. The number of carbonyl (C=O) groups is 1. The number of carbonyl (C=O) groups excluding carboxylic acids is 1. The first-order valence-corrected chi connectivity index (χ1v) is 4.63. The van der Waals surface area contributed by atoms with Crippen LogP contribution in [0, 0.1) is 13.8 Å². The third-order valence-electron chi connectivity index (χ3n) is 2.79. The molecule has 0 radical (unpaired) electrons. The van der Waals surface area contributed by atoms with E-state index in [-0.39, 0.29) is 0 Å². The molecule has 1 unspecified atom stereocenters. The van der Waals surface area contributed by atoms with Crippen LogP contribution in [0.4, 0.5) is 0 Å². The maximum absolute atomic E-state index is 11.0. The summed E-state index contributed by atoms with van der Waals surface area (Å²) in [5, 5.41) is 0. The van der Waals surface area contributed by atoms with Gasteiger partial charge in [0.25, 0.3) is 0 Å². The van der Waals surface area contributed by atoms with E-state index in [1.54, 1.807) is 14.0 Å². The molecule has 0 amide bonds. The van der Waals surface area contributed by atoms with E-state index in [4.69, 9.17) is 4.74 Å². The van der Waals surface area contributed by atoms with E-state index in [9.17, 15) is 4.79 Å². The molecule has 1 aromatic carbocycles. The van der Waals surface area contributed by atoms with E-state index in [0.29, 0.717) is 0 Å². The zero-order valence-electron chi connectivity index (χ0n) is 9.13. The third-order valence-corrected chi connectivity index (χ3v) is 2.79. The molecule has 0 aromatic heterocycles. The molecule has 0 spiro atoms. The molecule has 0 bridgehead atoms. The first-order chi connectivity index (χ1) is 6.55. The number of rotatable bonds is 3. The maximum atomic E-state index is 11.0. The monoisotopic (exact) mass is 192 g/mol. The highest BCUT2D eigenvalue weighted by Gasteiger charge is 2.27. The van der Waals surface area contributed by atoms with Gasteiger partial charge in [-0.25, -0.2) is 0 Å². The summed E-state index contributed by atoms with van der Waals surface area (Å²) < 4.78 is 5.24. The van der Waals surface area contributed by atoms with Crippen LogP contribution in [0.5, 0.6) is 0 Å². The Hall–Kier alpha value is -1.15. The summed E-state index contributed by atoms with van der Waals surface area (Å²) in [4.78, 5) is 11.0. The molecule has 0 aliphatic carbocycles. The van der Waals surface area contributed by atoms with Gasteiger partial charge >= 0.3 is 0 Å². The number of aldehydes is 1. The van der Waals surface area contributed by atoms with Crippen molar-refractivity contribution >= 4 is 6.29 Å². The highest BCUT2D eigenvalue weighted by Crippen LogP contribution is 2.26. The number of hydrogen-bond acceptors (Lipinski definition) is 2. The van der Waals surface area contributed by atoms with Crippen LogP contribution >= 0.6 is 0 Å². The second kappa shape index (κ2) is 3.93. The Morgan fingerprint density at radius 2 is 2.00 bits per heavy atom. The van der Waals surface area contributed by atoms with Crippen LogP contribution in [-0.2, 0) is 15.1 Å². The lowest BCUT2D eigenvalue weighted by Gasteiger charge is -2.24. The second-order valence-corrected chi connectivity index (χ2v) is 3.68. The van der Waals surface area contributed by atoms with Gasteiger partial charge in [0.05, 0.1) is 0 Å². The van der Waals surface area contributed by atoms with Crippen LogP contribution in [0.25, 0.3) is 0 Å². The van der Waals surface area contributed by atoms with Crippen LogP contribution in [0.1, 0.15) is 23.6 Å². The zero-order chi connectivity index (χ0) is 10.8. The topological polar surface area (TPSA) is 26.3 Å². The Kier molecular flexibility index (Phi) is 3.06. The van der Waals surface area contributed by atoms with Crippen molar-refractivity contribution < 1.29 is 9.53 Å². The Labute approximate surface area is 84.9 Å². The summed E-state index contributed by atoms with van der Waals surface area (Å²) in [5.74, 6) is 0. The molecule has 1 aromatic rings. The maximum Gasteiger partial charge on any atom is 0.156 e. The average molecular weight is 192 g/mol. The quantitative estimate of drug-likeness (QED) is 0.687. The van der Waals surface area contributed by atoms with E-state index in [1.807, 2.05) is 32.0 Å². The van der Waals surface area contributed by atoms with Crippen LogP contribution in [0.15, 0.2) is 18.2 Å². The molecule has 14 heavy (non-hydrogen) atoms. The molecule has 0 aliphatic rings. The summed E-state index contributed by atoms with van der Waals surface area (Å²) in [5.41, 5.74) is 2.41. The van der Waals surface area contributed by atoms with Gasteiger partial charge < -0.3 is 4.74 Å².